The molecule has 0 saturated carbocycles. The minimum absolute atomic E-state index is 0.189. The van der Waals surface area contributed by atoms with Gasteiger partial charge in [0.25, 0.3) is 0 Å². The molecular weight excluding hydrogens is 223 g/mol. The van der Waals surface area contributed by atoms with Gasteiger partial charge in [-0.3, -0.25) is 0 Å². The van der Waals surface area contributed by atoms with Crippen LogP contribution in [-0.2, 0) is 0 Å². The van der Waals surface area contributed by atoms with E-state index >= 15 is 0 Å². The van der Waals surface area contributed by atoms with Crippen LogP contribution in [0, 0.1) is 0 Å². The van der Waals surface area contributed by atoms with E-state index in [-0.39, 0.29) is 5.30 Å². The first kappa shape index (κ1) is 11.2. The zero-order valence-electron chi connectivity index (χ0n) is 8.54. The Morgan fingerprint density at radius 2 is 1.31 bits per heavy atom. The Kier molecular flexibility index (Phi) is 3.03. The summed E-state index contributed by atoms with van der Waals surface area (Å²) in [5, 5.41) is 0.189. The standard InChI is InChI=1S/C12H13O3P/c13-16(14,15)12-8-4-7-11(9-12)10-5-2-1-3-6-10/h1-9,13-16H. The van der Waals surface area contributed by atoms with E-state index in [0.717, 1.165) is 11.1 Å². The van der Waals surface area contributed by atoms with Gasteiger partial charge in [-0.05, 0) is 0 Å². The Balaban J connectivity index is 2.45. The molecule has 0 amide bonds. The van der Waals surface area contributed by atoms with Gasteiger partial charge in [0.15, 0.2) is 0 Å². The van der Waals surface area contributed by atoms with Gasteiger partial charge in [-0.2, -0.15) is 0 Å². The van der Waals surface area contributed by atoms with Crippen LogP contribution in [-0.4, -0.2) is 14.7 Å². The molecule has 0 unspecified atom stereocenters. The first-order chi connectivity index (χ1) is 7.57. The quantitative estimate of drug-likeness (QED) is 0.692. The molecule has 0 saturated heterocycles. The summed E-state index contributed by atoms with van der Waals surface area (Å²) in [4.78, 5) is 27.6. The Bertz CT molecular complexity index is 477. The van der Waals surface area contributed by atoms with Crippen LogP contribution in [0.2, 0.25) is 0 Å². The van der Waals surface area contributed by atoms with Crippen LogP contribution in [0.15, 0.2) is 54.6 Å². The van der Waals surface area contributed by atoms with Crippen molar-refractivity contribution in [3.63, 3.8) is 0 Å². The SMILES string of the molecule is O[PH](O)(O)c1cccc(-c2ccccc2)c1. The number of hydrogen-bond donors (Lipinski definition) is 3. The van der Waals surface area contributed by atoms with Crippen molar-refractivity contribution in [3.8, 4) is 11.1 Å². The molecule has 2 aromatic carbocycles. The van der Waals surface area contributed by atoms with Crippen molar-refractivity contribution < 1.29 is 14.7 Å². The van der Waals surface area contributed by atoms with Gasteiger partial charge >= 0.3 is 93.7 Å². The summed E-state index contributed by atoms with van der Waals surface area (Å²) in [7, 11) is -4.20. The van der Waals surface area contributed by atoms with Crippen molar-refractivity contribution in [3.05, 3.63) is 54.6 Å². The van der Waals surface area contributed by atoms with Crippen molar-refractivity contribution in [2.75, 3.05) is 0 Å². The molecule has 0 fully saturated rings. The molecule has 16 heavy (non-hydrogen) atoms. The second kappa shape index (κ2) is 4.32. The Morgan fingerprint density at radius 3 is 1.94 bits per heavy atom. The number of benzene rings is 2. The maximum absolute atomic E-state index is 9.21. The zero-order valence-corrected chi connectivity index (χ0v) is 9.54. The normalized spacial score (nSPS) is 12.4. The second-order valence-electron chi connectivity index (χ2n) is 3.58. The van der Waals surface area contributed by atoms with Gasteiger partial charge in [0, 0.05) is 0 Å². The molecule has 0 aromatic heterocycles. The van der Waals surface area contributed by atoms with E-state index in [9.17, 15) is 14.7 Å². The fourth-order valence-electron chi connectivity index (χ4n) is 1.54. The summed E-state index contributed by atoms with van der Waals surface area (Å²) >= 11 is 0. The van der Waals surface area contributed by atoms with Gasteiger partial charge in [-0.25, -0.2) is 0 Å². The third-order valence-electron chi connectivity index (χ3n) is 2.36. The molecule has 2 aromatic rings. The van der Waals surface area contributed by atoms with Crippen molar-refractivity contribution in [1.82, 2.24) is 0 Å². The summed E-state index contributed by atoms with van der Waals surface area (Å²) in [6.07, 6.45) is 0. The minimum atomic E-state index is -4.20. The molecule has 4 heteroatoms. The van der Waals surface area contributed by atoms with Gasteiger partial charge in [-0.15, -0.1) is 0 Å². The average Bonchev–Trinajstić information content (AvgIpc) is 2.29. The summed E-state index contributed by atoms with van der Waals surface area (Å²) in [5.41, 5.74) is 1.83. The Morgan fingerprint density at radius 1 is 0.688 bits per heavy atom. The van der Waals surface area contributed by atoms with Crippen molar-refractivity contribution >= 4 is 13.2 Å². The molecule has 0 bridgehead atoms. The van der Waals surface area contributed by atoms with Crippen LogP contribution in [0.25, 0.3) is 11.1 Å². The van der Waals surface area contributed by atoms with Crippen molar-refractivity contribution in [2.45, 2.75) is 0 Å². The summed E-state index contributed by atoms with van der Waals surface area (Å²) in [6.45, 7) is 0. The fourth-order valence-corrected chi connectivity index (χ4v) is 2.21. The molecule has 0 radical (unpaired) electrons. The number of rotatable bonds is 2. The van der Waals surface area contributed by atoms with Crippen LogP contribution >= 0.6 is 7.94 Å². The van der Waals surface area contributed by atoms with E-state index < -0.39 is 7.94 Å². The van der Waals surface area contributed by atoms with Crippen LogP contribution in [0.1, 0.15) is 0 Å². The Labute approximate surface area is 94.2 Å². The summed E-state index contributed by atoms with van der Waals surface area (Å²) < 4.78 is 0. The molecule has 2 rings (SSSR count). The van der Waals surface area contributed by atoms with E-state index in [4.69, 9.17) is 0 Å². The predicted octanol–water partition coefficient (Wildman–Crippen LogP) is 1.45. The van der Waals surface area contributed by atoms with E-state index in [1.165, 1.54) is 6.07 Å². The van der Waals surface area contributed by atoms with Crippen LogP contribution in [0.5, 0.6) is 0 Å². The van der Waals surface area contributed by atoms with Gasteiger partial charge < -0.3 is 0 Å². The maximum atomic E-state index is 9.21. The number of hydrogen-bond acceptors (Lipinski definition) is 3. The fraction of sp³-hybridized carbons (Fsp3) is 0. The van der Waals surface area contributed by atoms with Gasteiger partial charge in [-0.1, -0.05) is 0 Å². The van der Waals surface area contributed by atoms with E-state index in [0.29, 0.717) is 0 Å². The first-order valence-corrected chi connectivity index (χ1v) is 6.74. The van der Waals surface area contributed by atoms with Crippen molar-refractivity contribution in [1.29, 1.82) is 0 Å². The first-order valence-electron chi connectivity index (χ1n) is 4.90. The van der Waals surface area contributed by atoms with Gasteiger partial charge in [0.05, 0.1) is 0 Å². The zero-order chi connectivity index (χ0) is 11.6. The van der Waals surface area contributed by atoms with Gasteiger partial charge in [0.2, 0.25) is 0 Å². The van der Waals surface area contributed by atoms with Crippen LogP contribution < -0.4 is 5.30 Å². The molecule has 3 nitrogen and oxygen atoms in total. The molecule has 0 atom stereocenters. The second-order valence-corrected chi connectivity index (χ2v) is 5.43. The average molecular weight is 236 g/mol. The molecule has 0 aliphatic heterocycles. The Hall–Kier alpha value is -1.25. The topological polar surface area (TPSA) is 60.7 Å². The molecule has 0 heterocycles. The molecule has 0 spiro atoms. The molecular formula is C12H13O3P. The van der Waals surface area contributed by atoms with Crippen LogP contribution in [0.3, 0.4) is 0 Å². The third kappa shape index (κ3) is 2.46. The van der Waals surface area contributed by atoms with E-state index in [1.807, 2.05) is 36.4 Å². The van der Waals surface area contributed by atoms with Crippen molar-refractivity contribution in [2.24, 2.45) is 0 Å². The monoisotopic (exact) mass is 236 g/mol. The molecule has 0 aliphatic carbocycles. The summed E-state index contributed by atoms with van der Waals surface area (Å²) in [6, 6.07) is 16.2. The third-order valence-corrected chi connectivity index (χ3v) is 3.44. The van der Waals surface area contributed by atoms with E-state index in [2.05, 4.69) is 0 Å². The van der Waals surface area contributed by atoms with E-state index in [1.54, 1.807) is 12.1 Å². The van der Waals surface area contributed by atoms with Crippen LogP contribution in [0.4, 0.5) is 0 Å². The van der Waals surface area contributed by atoms with Gasteiger partial charge in [0.1, 0.15) is 0 Å². The molecule has 84 valence electrons. The summed E-state index contributed by atoms with van der Waals surface area (Å²) in [5.74, 6) is 0. The molecule has 0 aliphatic rings. The predicted molar refractivity (Wildman–Crippen MR) is 66.5 cm³/mol. The molecule has 3 N–H and O–H groups in total.